The van der Waals surface area contributed by atoms with Crippen molar-refractivity contribution in [2.24, 2.45) is 4.66 Å². The molecule has 190 valence electrons. The number of hydrogen-bond acceptors (Lipinski definition) is 2. The van der Waals surface area contributed by atoms with Crippen LogP contribution in [0.1, 0.15) is 29.2 Å². The summed E-state index contributed by atoms with van der Waals surface area (Å²) in [5.74, 6) is 0. The fourth-order valence-electron chi connectivity index (χ4n) is 5.58. The highest BCUT2D eigenvalue weighted by Crippen LogP contribution is 2.39. The van der Waals surface area contributed by atoms with Crippen molar-refractivity contribution >= 4 is 35.9 Å². The van der Waals surface area contributed by atoms with Crippen LogP contribution in [-0.2, 0) is 0 Å². The van der Waals surface area contributed by atoms with Gasteiger partial charge in [-0.25, -0.2) is 0 Å². The van der Waals surface area contributed by atoms with E-state index in [1.54, 1.807) is 0 Å². The van der Waals surface area contributed by atoms with Crippen LogP contribution in [0.5, 0.6) is 0 Å². The van der Waals surface area contributed by atoms with Gasteiger partial charge in [-0.2, -0.15) is 0 Å². The molecule has 0 bridgehead atoms. The summed E-state index contributed by atoms with van der Waals surface area (Å²) in [6.45, 7) is 6.51. The Morgan fingerprint density at radius 2 is 0.949 bits per heavy atom. The highest BCUT2D eigenvalue weighted by Gasteiger charge is 2.50. The lowest BCUT2D eigenvalue weighted by molar-refractivity contribution is 1.27. The van der Waals surface area contributed by atoms with E-state index in [0.717, 1.165) is 17.0 Å². The molecule has 2 nitrogen and oxygen atoms in total. The second kappa shape index (κ2) is 10.4. The van der Waals surface area contributed by atoms with Crippen LogP contribution >= 0.6 is 0 Å². The van der Waals surface area contributed by atoms with E-state index >= 15 is 0 Å². The number of allylic oxidation sites excluding steroid dienone is 1. The van der Waals surface area contributed by atoms with E-state index in [9.17, 15) is 0 Å². The summed E-state index contributed by atoms with van der Waals surface area (Å²) in [4.78, 5) is 0. The Morgan fingerprint density at radius 1 is 0.487 bits per heavy atom. The van der Waals surface area contributed by atoms with Gasteiger partial charge in [-0.1, -0.05) is 139 Å². The summed E-state index contributed by atoms with van der Waals surface area (Å²) in [6.07, 6.45) is 0. The molecule has 0 radical (unpaired) electrons. The molecule has 0 N–H and O–H groups in total. The van der Waals surface area contributed by atoms with Gasteiger partial charge in [0.15, 0.2) is 0 Å². The van der Waals surface area contributed by atoms with Crippen molar-refractivity contribution in [3.8, 4) is 0 Å². The number of aryl methyl sites for hydroxylation is 2. The quantitative estimate of drug-likeness (QED) is 0.222. The first kappa shape index (κ1) is 24.8. The van der Waals surface area contributed by atoms with Crippen LogP contribution in [0, 0.1) is 13.8 Å². The average Bonchev–Trinajstić information content (AvgIpc) is 2.99. The topological polar surface area (TPSA) is 15.6 Å². The summed E-state index contributed by atoms with van der Waals surface area (Å²) in [5.41, 5.74) is 9.45. The van der Waals surface area contributed by atoms with Crippen molar-refractivity contribution in [1.29, 1.82) is 0 Å². The van der Waals surface area contributed by atoms with E-state index in [2.05, 4.69) is 165 Å². The van der Waals surface area contributed by atoms with Gasteiger partial charge >= 0.3 is 8.40 Å². The van der Waals surface area contributed by atoms with Gasteiger partial charge in [0, 0.05) is 11.4 Å². The minimum Gasteiger partial charge on any atom is -0.342 e. The Hall–Kier alpha value is -4.47. The zero-order chi connectivity index (χ0) is 26.8. The third kappa shape index (κ3) is 4.45. The largest absolute Gasteiger partial charge is 0.354 e. The molecule has 1 heterocycles. The average molecular weight is 521 g/mol. The molecule has 0 saturated heterocycles. The maximum Gasteiger partial charge on any atom is 0.354 e. The lowest BCUT2D eigenvalue weighted by atomic mass is 9.97. The molecule has 0 saturated carbocycles. The Bertz CT molecular complexity index is 1600. The molecule has 0 atom stereocenters. The molecule has 0 aromatic heterocycles. The molecule has 5 aromatic rings. The summed E-state index contributed by atoms with van der Waals surface area (Å²) in [7, 11) is -3.01. The molecule has 1 aliphatic rings. The highest BCUT2D eigenvalue weighted by atomic mass is 28.3. The molecule has 0 fully saturated rings. The maximum absolute atomic E-state index is 5.91. The first-order valence-corrected chi connectivity index (χ1v) is 15.4. The standard InChI is InChI=1S/C36H32N2Si/c1-27-19-23-30(24-20-27)35-29(3)36(31-13-7-4-8-14-31)38(32-25-21-28(2)22-26-32)39(37-35,33-15-9-5-10-16-33)34-17-11-6-12-18-34/h4-26H,1-3H3. The van der Waals surface area contributed by atoms with E-state index in [4.69, 9.17) is 4.66 Å². The maximum atomic E-state index is 5.91. The Kier molecular flexibility index (Phi) is 6.60. The number of rotatable bonds is 5. The zero-order valence-corrected chi connectivity index (χ0v) is 23.7. The Balaban J connectivity index is 1.78. The van der Waals surface area contributed by atoms with Crippen molar-refractivity contribution < 1.29 is 0 Å². The van der Waals surface area contributed by atoms with Gasteiger partial charge in [-0.05, 0) is 60.0 Å². The van der Waals surface area contributed by atoms with Crippen LogP contribution in [0.2, 0.25) is 0 Å². The molecule has 0 amide bonds. The van der Waals surface area contributed by atoms with Gasteiger partial charge in [0.1, 0.15) is 0 Å². The molecule has 0 spiro atoms. The second-order valence-corrected chi connectivity index (χ2v) is 13.4. The third-order valence-electron chi connectivity index (χ3n) is 7.55. The first-order chi connectivity index (χ1) is 19.1. The van der Waals surface area contributed by atoms with E-state index in [-0.39, 0.29) is 0 Å². The molecule has 3 heteroatoms. The van der Waals surface area contributed by atoms with Crippen molar-refractivity contribution in [1.82, 2.24) is 0 Å². The predicted molar refractivity (Wildman–Crippen MR) is 168 cm³/mol. The van der Waals surface area contributed by atoms with Gasteiger partial charge < -0.3 is 4.57 Å². The lowest BCUT2D eigenvalue weighted by Gasteiger charge is -2.46. The molecular weight excluding hydrogens is 488 g/mol. The Labute approximate surface area is 232 Å². The molecule has 0 unspecified atom stereocenters. The monoisotopic (exact) mass is 520 g/mol. The molecule has 5 aromatic carbocycles. The number of benzene rings is 5. The molecule has 0 aliphatic carbocycles. The number of nitrogens with zero attached hydrogens (tertiary/aromatic N) is 2. The van der Waals surface area contributed by atoms with E-state index in [0.29, 0.717) is 0 Å². The number of hydrogen-bond donors (Lipinski definition) is 0. The SMILES string of the molecule is CC1=C(c2ccccc2)N(c2ccc(C)cc2)[Si](c2ccccc2)(c2ccccc2)N=C1c1ccc(C)cc1. The van der Waals surface area contributed by atoms with Crippen molar-refractivity contribution in [3.05, 3.63) is 167 Å². The van der Waals surface area contributed by atoms with Gasteiger partial charge in [0.25, 0.3) is 0 Å². The first-order valence-electron chi connectivity index (χ1n) is 13.5. The molecule has 1 aliphatic heterocycles. The van der Waals surface area contributed by atoms with Crippen molar-refractivity contribution in [2.75, 3.05) is 4.57 Å². The van der Waals surface area contributed by atoms with Crippen LogP contribution in [0.15, 0.2) is 150 Å². The van der Waals surface area contributed by atoms with Crippen LogP contribution in [0.25, 0.3) is 5.70 Å². The fraction of sp³-hybridized carbons (Fsp3) is 0.0833. The molecule has 6 rings (SSSR count). The molecular formula is C36H32N2Si. The lowest BCUT2D eigenvalue weighted by Crippen LogP contribution is -2.70. The van der Waals surface area contributed by atoms with Gasteiger partial charge in [0.2, 0.25) is 0 Å². The smallest absolute Gasteiger partial charge is 0.342 e. The zero-order valence-electron chi connectivity index (χ0n) is 22.7. The van der Waals surface area contributed by atoms with Crippen molar-refractivity contribution in [3.63, 3.8) is 0 Å². The van der Waals surface area contributed by atoms with E-state index < -0.39 is 8.40 Å². The minimum atomic E-state index is -3.01. The Morgan fingerprint density at radius 3 is 1.46 bits per heavy atom. The fourth-order valence-corrected chi connectivity index (χ4v) is 9.86. The highest BCUT2D eigenvalue weighted by molar-refractivity contribution is 7.05. The summed E-state index contributed by atoms with van der Waals surface area (Å²) < 4.78 is 8.50. The van der Waals surface area contributed by atoms with E-state index in [1.165, 1.54) is 38.3 Å². The second-order valence-electron chi connectivity index (χ2n) is 10.2. The van der Waals surface area contributed by atoms with Gasteiger partial charge in [-0.15, -0.1) is 0 Å². The third-order valence-corrected chi connectivity index (χ3v) is 11.5. The predicted octanol–water partition coefficient (Wildman–Crippen LogP) is 7.30. The number of anilines is 1. The summed E-state index contributed by atoms with van der Waals surface area (Å²) in [5, 5.41) is 2.50. The molecule has 39 heavy (non-hydrogen) atoms. The van der Waals surface area contributed by atoms with Crippen LogP contribution in [0.4, 0.5) is 5.69 Å². The van der Waals surface area contributed by atoms with Crippen LogP contribution in [-0.4, -0.2) is 14.1 Å². The normalized spacial score (nSPS) is 14.7. The van der Waals surface area contributed by atoms with Gasteiger partial charge in [0.05, 0.1) is 5.71 Å². The summed E-state index contributed by atoms with van der Waals surface area (Å²) >= 11 is 0. The minimum absolute atomic E-state index is 1.07. The van der Waals surface area contributed by atoms with Crippen LogP contribution < -0.4 is 14.9 Å². The van der Waals surface area contributed by atoms with Crippen LogP contribution in [0.3, 0.4) is 0 Å². The summed E-state index contributed by atoms with van der Waals surface area (Å²) in [6, 6.07) is 50.4. The van der Waals surface area contributed by atoms with Crippen molar-refractivity contribution in [2.45, 2.75) is 20.8 Å². The van der Waals surface area contributed by atoms with E-state index in [1.807, 2.05) is 0 Å². The van der Waals surface area contributed by atoms with Gasteiger partial charge in [-0.3, -0.25) is 4.66 Å².